The molecule has 5 heteroatoms. The average Bonchev–Trinajstić information content (AvgIpc) is 3.32. The molecule has 0 aromatic heterocycles. The average molecular weight is 331 g/mol. The van der Waals surface area contributed by atoms with Crippen molar-refractivity contribution < 1.29 is 9.90 Å². The first kappa shape index (κ1) is 15.8. The quantitative estimate of drug-likeness (QED) is 0.788. The van der Waals surface area contributed by atoms with Crippen LogP contribution in [0.25, 0.3) is 0 Å². The smallest absolute Gasteiger partial charge is 0.315 e. The second-order valence-corrected chi connectivity index (χ2v) is 6.20. The Hall–Kier alpha value is -2.04. The molecule has 2 unspecified atom stereocenters. The third-order valence-corrected chi connectivity index (χ3v) is 4.31. The highest BCUT2D eigenvalue weighted by atomic mass is 35.5. The lowest BCUT2D eigenvalue weighted by Crippen LogP contribution is -2.40. The van der Waals surface area contributed by atoms with Crippen LogP contribution in [-0.4, -0.2) is 23.8 Å². The van der Waals surface area contributed by atoms with Crippen molar-refractivity contribution >= 4 is 17.6 Å². The molecule has 2 aromatic carbocycles. The van der Waals surface area contributed by atoms with Gasteiger partial charge < -0.3 is 15.7 Å². The molecule has 1 aliphatic rings. The van der Waals surface area contributed by atoms with Gasteiger partial charge in [-0.2, -0.15) is 0 Å². The van der Waals surface area contributed by atoms with E-state index in [1.807, 2.05) is 54.6 Å². The Kier molecular flexibility index (Phi) is 4.84. The Labute approximate surface area is 140 Å². The zero-order valence-corrected chi connectivity index (χ0v) is 13.3. The second kappa shape index (κ2) is 7.02. The molecule has 3 atom stereocenters. The summed E-state index contributed by atoms with van der Waals surface area (Å²) in [5, 5.41) is 16.0. The molecule has 23 heavy (non-hydrogen) atoms. The molecule has 3 N–H and O–H groups in total. The summed E-state index contributed by atoms with van der Waals surface area (Å²) in [6.45, 7) is -0.139. The van der Waals surface area contributed by atoms with E-state index < -0.39 is 6.04 Å². The van der Waals surface area contributed by atoms with Gasteiger partial charge >= 0.3 is 6.03 Å². The molecule has 2 amide bonds. The van der Waals surface area contributed by atoms with Gasteiger partial charge in [-0.15, -0.1) is 0 Å². The SMILES string of the molecule is O=C(NC1CC1c1cccc(Cl)c1)N[C@H](CO)c1ccccc1. The van der Waals surface area contributed by atoms with E-state index in [9.17, 15) is 9.90 Å². The molecule has 1 saturated carbocycles. The van der Waals surface area contributed by atoms with Crippen LogP contribution >= 0.6 is 11.6 Å². The van der Waals surface area contributed by atoms with Crippen molar-refractivity contribution in [1.29, 1.82) is 0 Å². The minimum Gasteiger partial charge on any atom is -0.394 e. The van der Waals surface area contributed by atoms with Crippen molar-refractivity contribution in [2.24, 2.45) is 0 Å². The lowest BCUT2D eigenvalue weighted by molar-refractivity contribution is 0.216. The molecule has 0 saturated heterocycles. The van der Waals surface area contributed by atoms with Gasteiger partial charge in [0.1, 0.15) is 0 Å². The Morgan fingerprint density at radius 3 is 2.70 bits per heavy atom. The van der Waals surface area contributed by atoms with E-state index in [0.717, 1.165) is 17.5 Å². The molecule has 2 aromatic rings. The number of nitrogens with one attached hydrogen (secondary N) is 2. The fourth-order valence-electron chi connectivity index (χ4n) is 2.75. The third kappa shape index (κ3) is 4.03. The molecule has 120 valence electrons. The normalized spacial score (nSPS) is 20.6. The molecule has 0 aliphatic heterocycles. The predicted molar refractivity (Wildman–Crippen MR) is 90.5 cm³/mol. The van der Waals surface area contributed by atoms with Crippen LogP contribution in [-0.2, 0) is 0 Å². The van der Waals surface area contributed by atoms with Gasteiger partial charge in [-0.1, -0.05) is 54.1 Å². The Balaban J connectivity index is 1.54. The van der Waals surface area contributed by atoms with Crippen molar-refractivity contribution in [3.05, 3.63) is 70.7 Å². The van der Waals surface area contributed by atoms with Gasteiger partial charge in [-0.05, 0) is 29.7 Å². The molecule has 0 radical (unpaired) electrons. The maximum atomic E-state index is 12.1. The maximum absolute atomic E-state index is 12.1. The van der Waals surface area contributed by atoms with Crippen LogP contribution in [0.5, 0.6) is 0 Å². The highest BCUT2D eigenvalue weighted by Crippen LogP contribution is 2.41. The summed E-state index contributed by atoms with van der Waals surface area (Å²) >= 11 is 6.00. The number of urea groups is 1. The van der Waals surface area contributed by atoms with Crippen molar-refractivity contribution in [2.75, 3.05) is 6.61 Å². The summed E-state index contributed by atoms with van der Waals surface area (Å²) in [6, 6.07) is 16.6. The first-order valence-corrected chi connectivity index (χ1v) is 8.03. The van der Waals surface area contributed by atoms with E-state index >= 15 is 0 Å². The van der Waals surface area contributed by atoms with E-state index in [2.05, 4.69) is 10.6 Å². The minimum absolute atomic E-state index is 0.114. The van der Waals surface area contributed by atoms with E-state index in [0.29, 0.717) is 10.9 Å². The molecule has 1 fully saturated rings. The summed E-state index contributed by atoms with van der Waals surface area (Å²) in [5.74, 6) is 0.309. The van der Waals surface area contributed by atoms with Gasteiger partial charge in [-0.3, -0.25) is 0 Å². The first-order chi connectivity index (χ1) is 11.2. The van der Waals surface area contributed by atoms with E-state index in [-0.39, 0.29) is 18.7 Å². The monoisotopic (exact) mass is 330 g/mol. The van der Waals surface area contributed by atoms with Gasteiger partial charge in [0, 0.05) is 17.0 Å². The predicted octanol–water partition coefficient (Wildman–Crippen LogP) is 3.23. The van der Waals surface area contributed by atoms with E-state index in [1.54, 1.807) is 0 Å². The lowest BCUT2D eigenvalue weighted by atomic mass is 10.1. The first-order valence-electron chi connectivity index (χ1n) is 7.65. The molecular formula is C18H19ClN2O2. The zero-order chi connectivity index (χ0) is 16.2. The number of carbonyl (C=O) groups is 1. The molecule has 0 heterocycles. The van der Waals surface area contributed by atoms with Crippen LogP contribution in [0.2, 0.25) is 5.02 Å². The van der Waals surface area contributed by atoms with Gasteiger partial charge in [0.05, 0.1) is 12.6 Å². The molecule has 0 bridgehead atoms. The van der Waals surface area contributed by atoms with Crippen molar-refractivity contribution in [3.63, 3.8) is 0 Å². The maximum Gasteiger partial charge on any atom is 0.315 e. The number of hydrogen-bond donors (Lipinski definition) is 3. The standard InChI is InChI=1S/C18H19ClN2O2/c19-14-8-4-7-13(9-14)15-10-16(15)20-18(23)21-17(11-22)12-5-2-1-3-6-12/h1-9,15-17,22H,10-11H2,(H2,20,21,23)/t15?,16?,17-/m1/s1. The van der Waals surface area contributed by atoms with Crippen LogP contribution in [0.4, 0.5) is 4.79 Å². The zero-order valence-electron chi connectivity index (χ0n) is 12.6. The molecule has 1 aliphatic carbocycles. The highest BCUT2D eigenvalue weighted by molar-refractivity contribution is 6.30. The van der Waals surface area contributed by atoms with Crippen LogP contribution in [0.15, 0.2) is 54.6 Å². The van der Waals surface area contributed by atoms with Crippen LogP contribution in [0, 0.1) is 0 Å². The Morgan fingerprint density at radius 2 is 2.00 bits per heavy atom. The van der Waals surface area contributed by atoms with Crippen LogP contribution in [0.3, 0.4) is 0 Å². The number of carbonyl (C=O) groups excluding carboxylic acids is 1. The van der Waals surface area contributed by atoms with E-state index in [1.165, 1.54) is 0 Å². The van der Waals surface area contributed by atoms with E-state index in [4.69, 9.17) is 11.6 Å². The molecular weight excluding hydrogens is 312 g/mol. The number of hydrogen-bond acceptors (Lipinski definition) is 2. The summed E-state index contributed by atoms with van der Waals surface area (Å²) < 4.78 is 0. The van der Waals surface area contributed by atoms with Crippen LogP contribution in [0.1, 0.15) is 29.5 Å². The summed E-state index contributed by atoms with van der Waals surface area (Å²) in [6.07, 6.45) is 0.906. The Morgan fingerprint density at radius 1 is 1.22 bits per heavy atom. The molecule has 4 nitrogen and oxygen atoms in total. The van der Waals surface area contributed by atoms with Crippen LogP contribution < -0.4 is 10.6 Å². The highest BCUT2D eigenvalue weighted by Gasteiger charge is 2.39. The van der Waals surface area contributed by atoms with Crippen molar-refractivity contribution in [3.8, 4) is 0 Å². The number of rotatable bonds is 5. The van der Waals surface area contributed by atoms with Crippen molar-refractivity contribution in [1.82, 2.24) is 10.6 Å². The number of amides is 2. The van der Waals surface area contributed by atoms with Gasteiger partial charge in [0.15, 0.2) is 0 Å². The van der Waals surface area contributed by atoms with Gasteiger partial charge in [0.25, 0.3) is 0 Å². The topological polar surface area (TPSA) is 61.4 Å². The largest absolute Gasteiger partial charge is 0.394 e. The summed E-state index contributed by atoms with van der Waals surface area (Å²) in [5.41, 5.74) is 2.02. The fraction of sp³-hybridized carbons (Fsp3) is 0.278. The summed E-state index contributed by atoms with van der Waals surface area (Å²) in [7, 11) is 0. The lowest BCUT2D eigenvalue weighted by Gasteiger charge is -2.17. The Bertz CT molecular complexity index is 678. The molecule has 3 rings (SSSR count). The number of aliphatic hydroxyl groups is 1. The molecule has 0 spiro atoms. The second-order valence-electron chi connectivity index (χ2n) is 5.77. The fourth-order valence-corrected chi connectivity index (χ4v) is 2.95. The van der Waals surface area contributed by atoms with Gasteiger partial charge in [0.2, 0.25) is 0 Å². The number of halogens is 1. The number of aliphatic hydroxyl groups excluding tert-OH is 1. The van der Waals surface area contributed by atoms with Gasteiger partial charge in [-0.25, -0.2) is 4.79 Å². The minimum atomic E-state index is -0.403. The van der Waals surface area contributed by atoms with Crippen molar-refractivity contribution in [2.45, 2.75) is 24.4 Å². The number of benzene rings is 2. The third-order valence-electron chi connectivity index (χ3n) is 4.07. The summed E-state index contributed by atoms with van der Waals surface area (Å²) in [4.78, 5) is 12.1.